The normalized spacial score (nSPS) is 20.2. The second-order valence-corrected chi connectivity index (χ2v) is 4.19. The van der Waals surface area contributed by atoms with E-state index in [-0.39, 0.29) is 18.0 Å². The number of benzene rings is 1. The summed E-state index contributed by atoms with van der Waals surface area (Å²) in [6, 6.07) is 9.71. The number of esters is 1. The van der Waals surface area contributed by atoms with E-state index >= 15 is 0 Å². The number of hydrogen-bond donors (Lipinski definition) is 0. The topological polar surface area (TPSA) is 38.8 Å². The zero-order chi connectivity index (χ0) is 11.4. The predicted molar refractivity (Wildman–Crippen MR) is 59.8 cm³/mol. The van der Waals surface area contributed by atoms with Gasteiger partial charge in [-0.15, -0.1) is 0 Å². The second-order valence-electron chi connectivity index (χ2n) is 4.19. The molecule has 0 bridgehead atoms. The number of hydrogen-bond acceptors (Lipinski definition) is 3. The van der Waals surface area contributed by atoms with Gasteiger partial charge in [-0.3, -0.25) is 4.79 Å². The molecular weight excluding hydrogens is 204 g/mol. The third-order valence-electron chi connectivity index (χ3n) is 2.65. The molecule has 0 aromatic heterocycles. The number of rotatable bonds is 5. The highest BCUT2D eigenvalue weighted by atomic mass is 16.6. The molecule has 2 unspecified atom stereocenters. The molecule has 1 saturated heterocycles. The van der Waals surface area contributed by atoms with Crippen molar-refractivity contribution in [1.82, 2.24) is 0 Å². The van der Waals surface area contributed by atoms with Crippen LogP contribution in [-0.4, -0.2) is 18.7 Å². The van der Waals surface area contributed by atoms with Crippen LogP contribution in [0.5, 0.6) is 0 Å². The van der Waals surface area contributed by atoms with E-state index in [0.29, 0.717) is 6.61 Å². The Hall–Kier alpha value is -1.35. The Morgan fingerprint density at radius 1 is 1.50 bits per heavy atom. The lowest BCUT2D eigenvalue weighted by Crippen LogP contribution is -2.16. The molecule has 3 nitrogen and oxygen atoms in total. The van der Waals surface area contributed by atoms with Crippen LogP contribution in [0, 0.1) is 5.92 Å². The van der Waals surface area contributed by atoms with Crippen molar-refractivity contribution in [3.8, 4) is 0 Å². The first-order chi connectivity index (χ1) is 7.75. The molecule has 0 aliphatic carbocycles. The van der Waals surface area contributed by atoms with Gasteiger partial charge >= 0.3 is 5.97 Å². The molecule has 3 heteroatoms. The van der Waals surface area contributed by atoms with Crippen LogP contribution in [0.4, 0.5) is 0 Å². The highest BCUT2D eigenvalue weighted by Crippen LogP contribution is 2.20. The standard InChI is InChI=1S/C13H16O3/c1-10(7-12-9-15-12)13(14)16-8-11-5-3-2-4-6-11/h2-6,10,12H,7-9H2,1H3. The molecule has 0 spiro atoms. The van der Waals surface area contributed by atoms with Crippen molar-refractivity contribution in [2.24, 2.45) is 5.92 Å². The molecule has 2 atom stereocenters. The summed E-state index contributed by atoms with van der Waals surface area (Å²) in [5, 5.41) is 0. The van der Waals surface area contributed by atoms with Crippen LogP contribution in [0.1, 0.15) is 18.9 Å². The molecule has 2 rings (SSSR count). The quantitative estimate of drug-likeness (QED) is 0.563. The molecule has 0 radical (unpaired) electrons. The lowest BCUT2D eigenvalue weighted by molar-refractivity contribution is -0.149. The molecule has 1 aliphatic rings. The molecule has 1 aromatic carbocycles. The van der Waals surface area contributed by atoms with Gasteiger partial charge in [0.2, 0.25) is 0 Å². The van der Waals surface area contributed by atoms with Gasteiger partial charge in [-0.05, 0) is 12.0 Å². The minimum atomic E-state index is -0.139. The minimum absolute atomic E-state index is 0.0730. The van der Waals surface area contributed by atoms with Gasteiger partial charge in [-0.25, -0.2) is 0 Å². The molecule has 1 heterocycles. The van der Waals surface area contributed by atoms with Crippen molar-refractivity contribution in [2.75, 3.05) is 6.61 Å². The average molecular weight is 220 g/mol. The van der Waals surface area contributed by atoms with Crippen molar-refractivity contribution >= 4 is 5.97 Å². The molecule has 0 amide bonds. The first kappa shape index (κ1) is 11.1. The van der Waals surface area contributed by atoms with Gasteiger partial charge in [0.15, 0.2) is 0 Å². The third kappa shape index (κ3) is 3.35. The summed E-state index contributed by atoms with van der Waals surface area (Å²) in [5.41, 5.74) is 1.02. The summed E-state index contributed by atoms with van der Waals surface area (Å²) >= 11 is 0. The number of epoxide rings is 1. The maximum Gasteiger partial charge on any atom is 0.309 e. The summed E-state index contributed by atoms with van der Waals surface area (Å²) in [4.78, 5) is 11.6. The molecular formula is C13H16O3. The summed E-state index contributed by atoms with van der Waals surface area (Å²) in [7, 11) is 0. The molecule has 1 aliphatic heterocycles. The van der Waals surface area contributed by atoms with E-state index in [1.165, 1.54) is 0 Å². The van der Waals surface area contributed by atoms with E-state index in [2.05, 4.69) is 0 Å². The molecule has 0 saturated carbocycles. The number of ether oxygens (including phenoxy) is 2. The summed E-state index contributed by atoms with van der Waals surface area (Å²) in [6.45, 7) is 3.03. The Kier molecular flexibility index (Phi) is 3.57. The van der Waals surface area contributed by atoms with Gasteiger partial charge in [0, 0.05) is 0 Å². The van der Waals surface area contributed by atoms with E-state index in [4.69, 9.17) is 9.47 Å². The SMILES string of the molecule is CC(CC1CO1)C(=O)OCc1ccccc1. The summed E-state index contributed by atoms with van der Waals surface area (Å²) < 4.78 is 10.3. The maximum absolute atomic E-state index is 11.6. The monoisotopic (exact) mass is 220 g/mol. The van der Waals surface area contributed by atoms with Crippen molar-refractivity contribution in [3.63, 3.8) is 0 Å². The number of carbonyl (C=O) groups is 1. The van der Waals surface area contributed by atoms with E-state index in [1.54, 1.807) is 0 Å². The summed E-state index contributed by atoms with van der Waals surface area (Å²) in [5.74, 6) is -0.212. The summed E-state index contributed by atoms with van der Waals surface area (Å²) in [6.07, 6.45) is 1.05. The van der Waals surface area contributed by atoms with Gasteiger partial charge in [0.25, 0.3) is 0 Å². The molecule has 86 valence electrons. The van der Waals surface area contributed by atoms with Gasteiger partial charge in [-0.1, -0.05) is 37.3 Å². The van der Waals surface area contributed by atoms with Gasteiger partial charge < -0.3 is 9.47 Å². The van der Waals surface area contributed by atoms with Crippen LogP contribution in [0.2, 0.25) is 0 Å². The highest BCUT2D eigenvalue weighted by molar-refractivity contribution is 5.72. The van der Waals surface area contributed by atoms with Crippen LogP contribution in [0.15, 0.2) is 30.3 Å². The largest absolute Gasteiger partial charge is 0.461 e. The van der Waals surface area contributed by atoms with Crippen molar-refractivity contribution < 1.29 is 14.3 Å². The van der Waals surface area contributed by atoms with Crippen molar-refractivity contribution in [2.45, 2.75) is 26.1 Å². The number of carbonyl (C=O) groups excluding carboxylic acids is 1. The lowest BCUT2D eigenvalue weighted by Gasteiger charge is -2.09. The fourth-order valence-corrected chi connectivity index (χ4v) is 1.57. The zero-order valence-corrected chi connectivity index (χ0v) is 9.39. The van der Waals surface area contributed by atoms with Gasteiger partial charge in [0.1, 0.15) is 6.61 Å². The van der Waals surface area contributed by atoms with Crippen LogP contribution >= 0.6 is 0 Å². The predicted octanol–water partition coefficient (Wildman–Crippen LogP) is 2.15. The Morgan fingerprint density at radius 2 is 2.19 bits per heavy atom. The Bertz CT molecular complexity index is 343. The van der Waals surface area contributed by atoms with Crippen LogP contribution in [-0.2, 0) is 20.9 Å². The smallest absolute Gasteiger partial charge is 0.309 e. The fraction of sp³-hybridized carbons (Fsp3) is 0.462. The Labute approximate surface area is 95.4 Å². The van der Waals surface area contributed by atoms with Gasteiger partial charge in [-0.2, -0.15) is 0 Å². The first-order valence-electron chi connectivity index (χ1n) is 5.58. The van der Waals surface area contributed by atoms with Crippen LogP contribution in [0.25, 0.3) is 0 Å². The highest BCUT2D eigenvalue weighted by Gasteiger charge is 2.28. The van der Waals surface area contributed by atoms with E-state index in [1.807, 2.05) is 37.3 Å². The molecule has 16 heavy (non-hydrogen) atoms. The van der Waals surface area contributed by atoms with E-state index in [9.17, 15) is 4.79 Å². The Balaban J connectivity index is 1.74. The third-order valence-corrected chi connectivity index (χ3v) is 2.65. The van der Waals surface area contributed by atoms with Crippen molar-refractivity contribution in [1.29, 1.82) is 0 Å². The minimum Gasteiger partial charge on any atom is -0.461 e. The van der Waals surface area contributed by atoms with Crippen molar-refractivity contribution in [3.05, 3.63) is 35.9 Å². The Morgan fingerprint density at radius 3 is 2.81 bits per heavy atom. The van der Waals surface area contributed by atoms with E-state index in [0.717, 1.165) is 18.6 Å². The molecule has 0 N–H and O–H groups in total. The molecule has 1 aromatic rings. The first-order valence-corrected chi connectivity index (χ1v) is 5.58. The maximum atomic E-state index is 11.6. The lowest BCUT2D eigenvalue weighted by atomic mass is 10.1. The van der Waals surface area contributed by atoms with Crippen LogP contribution in [0.3, 0.4) is 0 Å². The fourth-order valence-electron chi connectivity index (χ4n) is 1.57. The van der Waals surface area contributed by atoms with E-state index < -0.39 is 0 Å². The molecule has 1 fully saturated rings. The average Bonchev–Trinajstić information content (AvgIpc) is 3.11. The van der Waals surface area contributed by atoms with Gasteiger partial charge in [0.05, 0.1) is 18.6 Å². The zero-order valence-electron chi connectivity index (χ0n) is 9.39. The second kappa shape index (κ2) is 5.12. The van der Waals surface area contributed by atoms with Crippen LogP contribution < -0.4 is 0 Å².